The second-order valence-corrected chi connectivity index (χ2v) is 3.68. The lowest BCUT2D eigenvalue weighted by atomic mass is 10.1. The lowest BCUT2D eigenvalue weighted by Crippen LogP contribution is -2.21. The second kappa shape index (κ2) is 2.87. The van der Waals surface area contributed by atoms with E-state index in [1.807, 2.05) is 13.1 Å². The molecule has 0 saturated heterocycles. The van der Waals surface area contributed by atoms with Gasteiger partial charge in [0.25, 0.3) is 5.91 Å². The van der Waals surface area contributed by atoms with E-state index >= 15 is 0 Å². The normalized spacial score (nSPS) is 26.8. The van der Waals surface area contributed by atoms with E-state index in [0.29, 0.717) is 5.92 Å². The summed E-state index contributed by atoms with van der Waals surface area (Å²) in [4.78, 5) is 13.3. The van der Waals surface area contributed by atoms with Crippen LogP contribution in [0.15, 0.2) is 35.5 Å². The van der Waals surface area contributed by atoms with Gasteiger partial charge in [0.15, 0.2) is 0 Å². The Morgan fingerprint density at radius 3 is 2.85 bits per heavy atom. The number of hydrogen-bond donors (Lipinski definition) is 0. The minimum Gasteiger partial charge on any atom is -0.337 e. The fourth-order valence-electron chi connectivity index (χ4n) is 1.66. The van der Waals surface area contributed by atoms with Crippen molar-refractivity contribution in [2.45, 2.75) is 6.92 Å². The topological polar surface area (TPSA) is 20.3 Å². The maximum Gasteiger partial charge on any atom is 0.254 e. The molecule has 1 amide bonds. The molecule has 0 radical (unpaired) electrons. The van der Waals surface area contributed by atoms with Crippen molar-refractivity contribution in [3.8, 4) is 0 Å². The number of nitrogens with zero attached hydrogens (tertiary/aromatic N) is 1. The van der Waals surface area contributed by atoms with Crippen molar-refractivity contribution in [3.63, 3.8) is 0 Å². The van der Waals surface area contributed by atoms with Gasteiger partial charge in [-0.3, -0.25) is 4.79 Å². The molecule has 13 heavy (non-hydrogen) atoms. The summed E-state index contributed by atoms with van der Waals surface area (Å²) < 4.78 is 0. The molecule has 0 aromatic heterocycles. The molecule has 1 unspecified atom stereocenters. The predicted octanol–water partition coefficient (Wildman–Crippen LogP) is 1.52. The van der Waals surface area contributed by atoms with Gasteiger partial charge in [-0.25, -0.2) is 0 Å². The van der Waals surface area contributed by atoms with Crippen LogP contribution in [0.5, 0.6) is 0 Å². The van der Waals surface area contributed by atoms with Gasteiger partial charge in [-0.2, -0.15) is 0 Å². The summed E-state index contributed by atoms with van der Waals surface area (Å²) in [5.41, 5.74) is 2.01. The van der Waals surface area contributed by atoms with Crippen LogP contribution in [0, 0.1) is 5.92 Å². The van der Waals surface area contributed by atoms with Crippen molar-refractivity contribution in [3.05, 3.63) is 35.5 Å². The molecular weight excluding hydrogens is 162 g/mol. The molecule has 0 aromatic rings. The Morgan fingerprint density at radius 2 is 2.08 bits per heavy atom. The van der Waals surface area contributed by atoms with Gasteiger partial charge in [0.05, 0.1) is 0 Å². The zero-order valence-electron chi connectivity index (χ0n) is 7.95. The summed E-state index contributed by atoms with van der Waals surface area (Å²) in [6.45, 7) is 2.87. The van der Waals surface area contributed by atoms with Crippen LogP contribution in [0.1, 0.15) is 6.92 Å². The molecule has 0 N–H and O–H groups in total. The van der Waals surface area contributed by atoms with Crippen LogP contribution in [0.3, 0.4) is 0 Å². The monoisotopic (exact) mass is 175 g/mol. The Hall–Kier alpha value is -1.31. The van der Waals surface area contributed by atoms with Crippen molar-refractivity contribution in [2.24, 2.45) is 5.92 Å². The third-order valence-electron chi connectivity index (χ3n) is 2.50. The fourth-order valence-corrected chi connectivity index (χ4v) is 1.66. The van der Waals surface area contributed by atoms with Gasteiger partial charge >= 0.3 is 0 Å². The van der Waals surface area contributed by atoms with Crippen LogP contribution in [-0.4, -0.2) is 24.4 Å². The highest BCUT2D eigenvalue weighted by atomic mass is 16.2. The van der Waals surface area contributed by atoms with Gasteiger partial charge in [0, 0.05) is 19.2 Å². The Bertz CT molecular complexity index is 336. The summed E-state index contributed by atoms with van der Waals surface area (Å²) >= 11 is 0. The van der Waals surface area contributed by atoms with Crippen LogP contribution in [0.25, 0.3) is 0 Å². The van der Waals surface area contributed by atoms with E-state index in [2.05, 4.69) is 25.2 Å². The van der Waals surface area contributed by atoms with Crippen LogP contribution in [-0.2, 0) is 4.79 Å². The minimum atomic E-state index is 0.144. The molecule has 2 rings (SSSR count). The number of likely N-dealkylation sites (N-methyl/N-ethyl adjacent to an activating group) is 1. The highest BCUT2D eigenvalue weighted by molar-refractivity contribution is 6.00. The van der Waals surface area contributed by atoms with Crippen LogP contribution in [0.4, 0.5) is 0 Å². The van der Waals surface area contributed by atoms with Crippen LogP contribution >= 0.6 is 0 Å². The molecule has 1 heterocycles. The van der Waals surface area contributed by atoms with E-state index in [0.717, 1.165) is 17.7 Å². The van der Waals surface area contributed by atoms with Gasteiger partial charge in [0.2, 0.25) is 0 Å². The molecule has 0 bridgehead atoms. The summed E-state index contributed by atoms with van der Waals surface area (Å²) in [7, 11) is 1.84. The Morgan fingerprint density at radius 1 is 1.38 bits per heavy atom. The van der Waals surface area contributed by atoms with E-state index < -0.39 is 0 Å². The highest BCUT2D eigenvalue weighted by Crippen LogP contribution is 2.23. The number of carbonyl (C=O) groups is 1. The standard InChI is InChI=1S/C11H13NO/c1-8-3-5-9-7-12(2)11(13)10(9)6-4-8/h3-6,8H,7H2,1-2H3. The van der Waals surface area contributed by atoms with E-state index in [1.54, 1.807) is 4.90 Å². The number of amides is 1. The Balaban J connectivity index is 2.38. The average Bonchev–Trinajstić information content (AvgIpc) is 2.28. The third-order valence-corrected chi connectivity index (χ3v) is 2.50. The Labute approximate surface area is 78.2 Å². The molecule has 1 atom stereocenters. The molecule has 0 aromatic carbocycles. The predicted molar refractivity (Wildman–Crippen MR) is 52.1 cm³/mol. The average molecular weight is 175 g/mol. The molecule has 2 aliphatic rings. The summed E-state index contributed by atoms with van der Waals surface area (Å²) in [5, 5.41) is 0. The van der Waals surface area contributed by atoms with Gasteiger partial charge in [-0.15, -0.1) is 0 Å². The molecule has 1 aliphatic heterocycles. The maximum absolute atomic E-state index is 11.6. The van der Waals surface area contributed by atoms with E-state index in [9.17, 15) is 4.79 Å². The van der Waals surface area contributed by atoms with Crippen molar-refractivity contribution in [2.75, 3.05) is 13.6 Å². The second-order valence-electron chi connectivity index (χ2n) is 3.68. The molecule has 0 spiro atoms. The molecule has 2 nitrogen and oxygen atoms in total. The van der Waals surface area contributed by atoms with Gasteiger partial charge in [0.1, 0.15) is 0 Å². The highest BCUT2D eigenvalue weighted by Gasteiger charge is 2.24. The molecule has 68 valence electrons. The number of carbonyl (C=O) groups excluding carboxylic acids is 1. The first-order valence-corrected chi connectivity index (χ1v) is 4.53. The fraction of sp³-hybridized carbons (Fsp3) is 0.364. The summed E-state index contributed by atoms with van der Waals surface area (Å²) in [6, 6.07) is 0. The first kappa shape index (κ1) is 8.30. The molecule has 2 heteroatoms. The van der Waals surface area contributed by atoms with E-state index in [4.69, 9.17) is 0 Å². The zero-order chi connectivity index (χ0) is 9.42. The first-order valence-electron chi connectivity index (χ1n) is 4.53. The lowest BCUT2D eigenvalue weighted by Gasteiger charge is -2.07. The summed E-state index contributed by atoms with van der Waals surface area (Å²) in [5.74, 6) is 0.578. The largest absolute Gasteiger partial charge is 0.337 e. The Kier molecular flexibility index (Phi) is 1.83. The van der Waals surface area contributed by atoms with Gasteiger partial charge in [-0.05, 0) is 11.5 Å². The minimum absolute atomic E-state index is 0.144. The number of allylic oxidation sites excluding steroid dienone is 2. The summed E-state index contributed by atoms with van der Waals surface area (Å²) in [6.07, 6.45) is 8.22. The number of hydrogen-bond acceptors (Lipinski definition) is 1. The van der Waals surface area contributed by atoms with E-state index in [-0.39, 0.29) is 5.91 Å². The van der Waals surface area contributed by atoms with Crippen molar-refractivity contribution >= 4 is 5.91 Å². The quantitative estimate of drug-likeness (QED) is 0.546. The molecular formula is C11H13NO. The smallest absolute Gasteiger partial charge is 0.254 e. The van der Waals surface area contributed by atoms with E-state index in [1.165, 1.54) is 0 Å². The van der Waals surface area contributed by atoms with Crippen molar-refractivity contribution in [1.82, 2.24) is 4.90 Å². The van der Waals surface area contributed by atoms with Crippen molar-refractivity contribution in [1.29, 1.82) is 0 Å². The van der Waals surface area contributed by atoms with Crippen LogP contribution in [0.2, 0.25) is 0 Å². The molecule has 0 saturated carbocycles. The van der Waals surface area contributed by atoms with Gasteiger partial charge < -0.3 is 4.90 Å². The van der Waals surface area contributed by atoms with Crippen molar-refractivity contribution < 1.29 is 4.79 Å². The van der Waals surface area contributed by atoms with Gasteiger partial charge in [-0.1, -0.05) is 31.2 Å². The molecule has 0 fully saturated rings. The van der Waals surface area contributed by atoms with Crippen LogP contribution < -0.4 is 0 Å². The lowest BCUT2D eigenvalue weighted by molar-refractivity contribution is -0.124. The SMILES string of the molecule is CC1C=CC2=C(C=C1)C(=O)N(C)C2. The maximum atomic E-state index is 11.6. The molecule has 1 aliphatic carbocycles. The zero-order valence-corrected chi connectivity index (χ0v) is 7.95. The third kappa shape index (κ3) is 1.32. The number of rotatable bonds is 0. The first-order chi connectivity index (χ1) is 6.18.